The van der Waals surface area contributed by atoms with Gasteiger partial charge in [0.25, 0.3) is 5.69 Å². The van der Waals surface area contributed by atoms with E-state index in [0.29, 0.717) is 31.0 Å². The van der Waals surface area contributed by atoms with E-state index in [0.717, 1.165) is 0 Å². The lowest BCUT2D eigenvalue weighted by Crippen LogP contribution is -2.57. The van der Waals surface area contributed by atoms with E-state index in [4.69, 9.17) is 5.73 Å². The summed E-state index contributed by atoms with van der Waals surface area (Å²) in [6.45, 7) is 3.24. The van der Waals surface area contributed by atoms with Crippen LogP contribution in [0.25, 0.3) is 0 Å². The lowest BCUT2D eigenvalue weighted by molar-refractivity contribution is -0.385. The summed E-state index contributed by atoms with van der Waals surface area (Å²) in [6.07, 6.45) is 1.44. The van der Waals surface area contributed by atoms with Crippen LogP contribution in [0.1, 0.15) is 5.56 Å². The lowest BCUT2D eigenvalue weighted by atomic mass is 10.1. The zero-order chi connectivity index (χ0) is 14.0. The van der Waals surface area contributed by atoms with Crippen LogP contribution < -0.4 is 16.0 Å². The summed E-state index contributed by atoms with van der Waals surface area (Å²) in [6, 6.07) is 0.847. The van der Waals surface area contributed by atoms with E-state index in [1.807, 2.05) is 0 Å². The fraction of sp³-hybridized carbons (Fsp3) is 0.455. The monoisotopic (exact) mass is 265 g/mol. The van der Waals surface area contributed by atoms with Gasteiger partial charge < -0.3 is 16.0 Å². The number of hydrogen-bond donors (Lipinski definition) is 2. The van der Waals surface area contributed by atoms with Crippen molar-refractivity contribution in [2.24, 2.45) is 5.73 Å². The fourth-order valence-corrected chi connectivity index (χ4v) is 2.09. The minimum Gasteiger partial charge on any atom is -0.368 e. The maximum atomic E-state index is 11.4. The zero-order valence-electron chi connectivity index (χ0n) is 10.5. The van der Waals surface area contributed by atoms with Gasteiger partial charge in [-0.25, -0.2) is 4.98 Å². The summed E-state index contributed by atoms with van der Waals surface area (Å²) in [5.74, 6) is -0.0696. The zero-order valence-corrected chi connectivity index (χ0v) is 10.5. The lowest BCUT2D eigenvalue weighted by Gasteiger charge is -2.34. The second-order valence-electron chi connectivity index (χ2n) is 4.40. The average Bonchev–Trinajstić information content (AvgIpc) is 2.39. The van der Waals surface area contributed by atoms with Crippen molar-refractivity contribution in [1.29, 1.82) is 0 Å². The van der Waals surface area contributed by atoms with Crippen molar-refractivity contribution in [2.45, 2.75) is 13.0 Å². The smallest absolute Gasteiger partial charge is 0.277 e. The van der Waals surface area contributed by atoms with Gasteiger partial charge >= 0.3 is 0 Å². The second-order valence-corrected chi connectivity index (χ2v) is 4.40. The highest BCUT2D eigenvalue weighted by Gasteiger charge is 2.29. The molecule has 0 aromatic carbocycles. The number of hydrogen-bond acceptors (Lipinski definition) is 6. The van der Waals surface area contributed by atoms with Gasteiger partial charge in [0.15, 0.2) is 0 Å². The third-order valence-electron chi connectivity index (χ3n) is 3.12. The van der Waals surface area contributed by atoms with Crippen molar-refractivity contribution in [3.05, 3.63) is 27.9 Å². The van der Waals surface area contributed by atoms with E-state index in [-0.39, 0.29) is 5.69 Å². The van der Waals surface area contributed by atoms with Crippen LogP contribution in [0.2, 0.25) is 0 Å². The Bertz CT molecular complexity index is 519. The summed E-state index contributed by atoms with van der Waals surface area (Å²) in [5.41, 5.74) is 5.82. The largest absolute Gasteiger partial charge is 0.368 e. The van der Waals surface area contributed by atoms with Gasteiger partial charge in [-0.2, -0.15) is 0 Å². The van der Waals surface area contributed by atoms with Crippen LogP contribution >= 0.6 is 0 Å². The molecular formula is C11H15N5O3. The van der Waals surface area contributed by atoms with Crippen molar-refractivity contribution in [1.82, 2.24) is 10.3 Å². The van der Waals surface area contributed by atoms with Crippen LogP contribution in [-0.2, 0) is 4.79 Å². The molecule has 1 aromatic rings. The number of carbonyl (C=O) groups is 1. The Kier molecular flexibility index (Phi) is 3.61. The summed E-state index contributed by atoms with van der Waals surface area (Å²) in [7, 11) is 0. The third-order valence-corrected chi connectivity index (χ3v) is 3.12. The minimum absolute atomic E-state index is 0.00764. The minimum atomic E-state index is -0.538. The predicted octanol–water partition coefficient (Wildman–Crippen LogP) is -0.438. The molecule has 0 aliphatic carbocycles. The second kappa shape index (κ2) is 5.19. The van der Waals surface area contributed by atoms with Crippen molar-refractivity contribution in [2.75, 3.05) is 24.5 Å². The Morgan fingerprint density at radius 1 is 1.68 bits per heavy atom. The van der Waals surface area contributed by atoms with Crippen LogP contribution in [0, 0.1) is 17.0 Å². The highest BCUT2D eigenvalue weighted by molar-refractivity contribution is 5.84. The standard InChI is InChI=1S/C11H15N5O3/c1-7-5-14-10(4-8(7)16(18)19)15-3-2-13-6-9(15)11(12)17/h4-5,9,13H,2-3,6H2,1H3,(H2,12,17). The van der Waals surface area contributed by atoms with Gasteiger partial charge in [0.2, 0.25) is 5.91 Å². The van der Waals surface area contributed by atoms with Gasteiger partial charge in [0.1, 0.15) is 11.9 Å². The molecule has 1 fully saturated rings. The van der Waals surface area contributed by atoms with Crippen molar-refractivity contribution in [3.8, 4) is 0 Å². The molecule has 1 saturated heterocycles. The van der Waals surface area contributed by atoms with Crippen LogP contribution in [0.4, 0.5) is 11.5 Å². The normalized spacial score (nSPS) is 19.2. The van der Waals surface area contributed by atoms with E-state index in [1.54, 1.807) is 11.8 Å². The molecule has 8 heteroatoms. The summed E-state index contributed by atoms with van der Waals surface area (Å²) >= 11 is 0. The first-order valence-corrected chi connectivity index (χ1v) is 5.88. The molecule has 2 rings (SSSR count). The third kappa shape index (κ3) is 2.63. The van der Waals surface area contributed by atoms with Crippen molar-refractivity contribution >= 4 is 17.4 Å². The van der Waals surface area contributed by atoms with Crippen molar-refractivity contribution < 1.29 is 9.72 Å². The molecule has 3 N–H and O–H groups in total. The molecule has 0 spiro atoms. The number of carbonyl (C=O) groups excluding carboxylic acids is 1. The number of primary amides is 1. The molecule has 1 amide bonds. The molecule has 0 saturated carbocycles. The van der Waals surface area contributed by atoms with Gasteiger partial charge in [-0.05, 0) is 6.92 Å². The first kappa shape index (κ1) is 13.2. The molecule has 2 heterocycles. The highest BCUT2D eigenvalue weighted by atomic mass is 16.6. The van der Waals surface area contributed by atoms with Crippen molar-refractivity contribution in [3.63, 3.8) is 0 Å². The van der Waals surface area contributed by atoms with Gasteiger partial charge in [0, 0.05) is 31.4 Å². The summed E-state index contributed by atoms with van der Waals surface area (Å²) < 4.78 is 0. The SMILES string of the molecule is Cc1cnc(N2CCNCC2C(N)=O)cc1[N+](=O)[O-]. The summed E-state index contributed by atoms with van der Waals surface area (Å²) in [5, 5.41) is 14.0. The Balaban J connectivity index is 2.36. The number of anilines is 1. The average molecular weight is 265 g/mol. The fourth-order valence-electron chi connectivity index (χ4n) is 2.09. The Labute approximate surface area is 109 Å². The Morgan fingerprint density at radius 3 is 3.05 bits per heavy atom. The molecule has 0 radical (unpaired) electrons. The van der Waals surface area contributed by atoms with Gasteiger partial charge in [-0.3, -0.25) is 14.9 Å². The molecule has 1 unspecified atom stereocenters. The van der Waals surface area contributed by atoms with E-state index in [9.17, 15) is 14.9 Å². The Hall–Kier alpha value is -2.22. The van der Waals surface area contributed by atoms with Gasteiger partial charge in [-0.1, -0.05) is 0 Å². The molecule has 1 aliphatic rings. The number of pyridine rings is 1. The first-order valence-electron chi connectivity index (χ1n) is 5.88. The molecular weight excluding hydrogens is 250 g/mol. The molecule has 1 aromatic heterocycles. The maximum absolute atomic E-state index is 11.4. The number of rotatable bonds is 3. The number of nitrogens with one attached hydrogen (secondary N) is 1. The number of aryl methyl sites for hydroxylation is 1. The molecule has 19 heavy (non-hydrogen) atoms. The van der Waals surface area contributed by atoms with E-state index >= 15 is 0 Å². The number of amides is 1. The number of aromatic nitrogens is 1. The predicted molar refractivity (Wildman–Crippen MR) is 68.8 cm³/mol. The van der Waals surface area contributed by atoms with Gasteiger partial charge in [0.05, 0.1) is 11.0 Å². The molecule has 8 nitrogen and oxygen atoms in total. The Morgan fingerprint density at radius 2 is 2.42 bits per heavy atom. The number of piperazine rings is 1. The van der Waals surface area contributed by atoms with E-state index in [1.165, 1.54) is 12.3 Å². The van der Waals surface area contributed by atoms with Crippen LogP contribution in [0.5, 0.6) is 0 Å². The number of nitro groups is 1. The maximum Gasteiger partial charge on any atom is 0.277 e. The summed E-state index contributed by atoms with van der Waals surface area (Å²) in [4.78, 5) is 27.7. The number of nitrogens with two attached hydrogens (primary N) is 1. The molecule has 102 valence electrons. The van der Waals surface area contributed by atoms with Crippen LogP contribution in [0.3, 0.4) is 0 Å². The highest BCUT2D eigenvalue weighted by Crippen LogP contribution is 2.24. The molecule has 1 aliphatic heterocycles. The van der Waals surface area contributed by atoms with E-state index in [2.05, 4.69) is 10.3 Å². The molecule has 0 bridgehead atoms. The van der Waals surface area contributed by atoms with E-state index < -0.39 is 16.9 Å². The molecule has 1 atom stereocenters. The van der Waals surface area contributed by atoms with Gasteiger partial charge in [-0.15, -0.1) is 0 Å². The number of nitrogens with zero attached hydrogens (tertiary/aromatic N) is 3. The first-order chi connectivity index (χ1) is 9.00. The quantitative estimate of drug-likeness (QED) is 0.565. The van der Waals surface area contributed by atoms with Crippen LogP contribution in [0.15, 0.2) is 12.3 Å². The topological polar surface area (TPSA) is 114 Å². The van der Waals surface area contributed by atoms with Crippen LogP contribution in [-0.4, -0.2) is 41.5 Å².